The van der Waals surface area contributed by atoms with Crippen LogP contribution in [-0.2, 0) is 8.98 Å². The second kappa shape index (κ2) is 5.18. The summed E-state index contributed by atoms with van der Waals surface area (Å²) >= 11 is -1.53. The first-order valence-corrected chi connectivity index (χ1v) is 4.87. The molecule has 0 aromatic carbocycles. The van der Waals surface area contributed by atoms with E-state index < -0.39 is 28.0 Å². The largest absolute Gasteiger partial charge is 0.410 e. The summed E-state index contributed by atoms with van der Waals surface area (Å²) < 4.78 is 4.73. The fraction of sp³-hybridized carbons (Fsp3) is 0.571. The highest BCUT2D eigenvalue weighted by atomic mass is 32.2. The van der Waals surface area contributed by atoms with E-state index in [-0.39, 0.29) is 0 Å². The molecular formula is C7H14O4S. The number of thiol groups is 1. The molecule has 0 saturated carbocycles. The summed E-state index contributed by atoms with van der Waals surface area (Å²) in [5.74, 6) is -0.622. The minimum Gasteiger partial charge on any atom is -0.410 e. The minimum atomic E-state index is -1.53. The molecule has 72 valence electrons. The van der Waals surface area contributed by atoms with Crippen molar-refractivity contribution in [2.24, 2.45) is 0 Å². The van der Waals surface area contributed by atoms with Gasteiger partial charge in [0, 0.05) is 6.08 Å². The van der Waals surface area contributed by atoms with E-state index in [0.29, 0.717) is 0 Å². The number of hydrogen-bond donors (Lipinski definition) is 3. The van der Waals surface area contributed by atoms with Crippen LogP contribution in [0.4, 0.5) is 0 Å². The second-order valence-electron chi connectivity index (χ2n) is 2.24. The Kier molecular flexibility index (Phi) is 4.96. The van der Waals surface area contributed by atoms with Gasteiger partial charge in [0.15, 0.2) is 0 Å². The molecule has 0 fully saturated rings. The van der Waals surface area contributed by atoms with Gasteiger partial charge >= 0.3 is 5.97 Å². The lowest BCUT2D eigenvalue weighted by molar-refractivity contribution is -0.128. The average molecular weight is 194 g/mol. The molecule has 0 aromatic heterocycles. The third-order valence-electron chi connectivity index (χ3n) is 1.10. The summed E-state index contributed by atoms with van der Waals surface area (Å²) in [6.45, 7) is 6.14. The molecule has 0 aliphatic rings. The van der Waals surface area contributed by atoms with Gasteiger partial charge in [0.05, 0.1) is 0 Å². The Hall–Kier alpha value is -0.520. The lowest BCUT2D eigenvalue weighted by Gasteiger charge is -2.25. The normalized spacial score (nSPS) is 19.2. The van der Waals surface area contributed by atoms with Crippen molar-refractivity contribution in [1.29, 1.82) is 0 Å². The Bertz CT molecular complexity index is 159. The van der Waals surface area contributed by atoms with Gasteiger partial charge in [-0.05, 0) is 25.0 Å². The average Bonchev–Trinajstić information content (AvgIpc) is 1.98. The zero-order valence-electron chi connectivity index (χ0n) is 7.10. The molecule has 12 heavy (non-hydrogen) atoms. The molecule has 2 unspecified atom stereocenters. The van der Waals surface area contributed by atoms with E-state index in [1.54, 1.807) is 0 Å². The summed E-state index contributed by atoms with van der Waals surface area (Å²) in [6, 6.07) is 0. The predicted molar refractivity (Wildman–Crippen MR) is 48.6 cm³/mol. The van der Waals surface area contributed by atoms with Crippen LogP contribution in [0.25, 0.3) is 0 Å². The molecule has 0 aliphatic carbocycles. The van der Waals surface area contributed by atoms with E-state index in [4.69, 9.17) is 14.4 Å². The molecular weight excluding hydrogens is 180 g/mol. The van der Waals surface area contributed by atoms with Gasteiger partial charge in [0.1, 0.15) is 10.9 Å². The Labute approximate surface area is 74.4 Å². The Morgan fingerprint density at radius 1 is 1.50 bits per heavy atom. The lowest BCUT2D eigenvalue weighted by Crippen LogP contribution is -2.17. The van der Waals surface area contributed by atoms with Crippen molar-refractivity contribution in [3.8, 4) is 0 Å². The highest BCUT2D eigenvalue weighted by Crippen LogP contribution is 2.35. The molecule has 0 radical (unpaired) electrons. The van der Waals surface area contributed by atoms with E-state index in [1.807, 2.05) is 0 Å². The number of aliphatic hydroxyl groups is 2. The van der Waals surface area contributed by atoms with Crippen LogP contribution in [0.3, 0.4) is 0 Å². The quantitative estimate of drug-likeness (QED) is 0.445. The first kappa shape index (κ1) is 11.5. The molecule has 0 saturated heterocycles. The van der Waals surface area contributed by atoms with Crippen LogP contribution in [0.15, 0.2) is 12.7 Å². The first-order valence-electron chi connectivity index (χ1n) is 3.48. The van der Waals surface area contributed by atoms with Crippen molar-refractivity contribution in [3.63, 3.8) is 0 Å². The molecule has 0 spiro atoms. The molecule has 0 bridgehead atoms. The fourth-order valence-electron chi connectivity index (χ4n) is 0.606. The third-order valence-corrected chi connectivity index (χ3v) is 2.96. The van der Waals surface area contributed by atoms with Crippen molar-refractivity contribution in [2.75, 3.05) is 0 Å². The fourth-order valence-corrected chi connectivity index (χ4v) is 1.82. The van der Waals surface area contributed by atoms with Crippen LogP contribution in [0.5, 0.6) is 0 Å². The van der Waals surface area contributed by atoms with Crippen molar-refractivity contribution in [3.05, 3.63) is 12.7 Å². The number of carbonyl (C=O) groups is 1. The number of aliphatic hydroxyl groups excluding tert-OH is 2. The van der Waals surface area contributed by atoms with Gasteiger partial charge in [-0.3, -0.25) is 0 Å². The Morgan fingerprint density at radius 3 is 2.17 bits per heavy atom. The maximum atomic E-state index is 10.7. The van der Waals surface area contributed by atoms with Crippen molar-refractivity contribution >= 4 is 17.1 Å². The molecule has 4 nitrogen and oxygen atoms in total. The summed E-state index contributed by atoms with van der Waals surface area (Å²) in [7, 11) is 0. The van der Waals surface area contributed by atoms with E-state index in [9.17, 15) is 4.79 Å². The van der Waals surface area contributed by atoms with Crippen LogP contribution < -0.4 is 0 Å². The van der Waals surface area contributed by atoms with Crippen LogP contribution in [-0.4, -0.2) is 27.1 Å². The molecule has 2 atom stereocenters. The van der Waals surface area contributed by atoms with Crippen molar-refractivity contribution in [1.82, 2.24) is 0 Å². The maximum absolute atomic E-state index is 10.7. The Morgan fingerprint density at radius 2 is 1.92 bits per heavy atom. The molecule has 0 aliphatic heterocycles. The van der Waals surface area contributed by atoms with Crippen LogP contribution in [0.2, 0.25) is 0 Å². The monoisotopic (exact) mass is 194 g/mol. The van der Waals surface area contributed by atoms with Gasteiger partial charge in [0.25, 0.3) is 0 Å². The van der Waals surface area contributed by atoms with Gasteiger partial charge in [-0.15, -0.1) is 0 Å². The zero-order valence-corrected chi connectivity index (χ0v) is 7.99. The smallest absolute Gasteiger partial charge is 0.340 e. The van der Waals surface area contributed by atoms with E-state index in [2.05, 4.69) is 6.58 Å². The highest BCUT2D eigenvalue weighted by molar-refractivity contribution is 8.13. The predicted octanol–water partition coefficient (Wildman–Crippen LogP) is 0.308. The molecule has 0 aromatic rings. The van der Waals surface area contributed by atoms with Gasteiger partial charge in [0.2, 0.25) is 0 Å². The first-order chi connectivity index (χ1) is 5.49. The summed E-state index contributed by atoms with van der Waals surface area (Å²) in [5.41, 5.74) is -1.66. The van der Waals surface area contributed by atoms with E-state index in [0.717, 1.165) is 6.08 Å². The summed E-state index contributed by atoms with van der Waals surface area (Å²) in [4.78, 5) is 10.7. The number of hydrogen-bond acceptors (Lipinski definition) is 4. The molecule has 5 heteroatoms. The van der Waals surface area contributed by atoms with Gasteiger partial charge in [-0.1, -0.05) is 6.58 Å². The summed E-state index contributed by atoms with van der Waals surface area (Å²) in [6.07, 6.45) is 1.00. The highest BCUT2D eigenvalue weighted by Gasteiger charge is 2.18. The van der Waals surface area contributed by atoms with Gasteiger partial charge in [-0.25, -0.2) is 4.79 Å². The lowest BCUT2D eigenvalue weighted by atomic mass is 10.7. The van der Waals surface area contributed by atoms with E-state index in [1.165, 1.54) is 13.8 Å². The van der Waals surface area contributed by atoms with Crippen LogP contribution in [0, 0.1) is 0 Å². The molecule has 0 rings (SSSR count). The van der Waals surface area contributed by atoms with Crippen LogP contribution >= 0.6 is 11.2 Å². The summed E-state index contributed by atoms with van der Waals surface area (Å²) in [5, 5.41) is 18.2. The van der Waals surface area contributed by atoms with Crippen molar-refractivity contribution < 1.29 is 19.2 Å². The SMILES string of the molecule is C=CC(=O)O[SH](C(C)O)C(C)O. The van der Waals surface area contributed by atoms with Crippen molar-refractivity contribution in [2.45, 2.75) is 24.7 Å². The second-order valence-corrected chi connectivity index (χ2v) is 4.64. The third kappa shape index (κ3) is 3.75. The van der Waals surface area contributed by atoms with E-state index >= 15 is 0 Å². The topological polar surface area (TPSA) is 66.8 Å². The zero-order chi connectivity index (χ0) is 9.72. The maximum Gasteiger partial charge on any atom is 0.340 e. The van der Waals surface area contributed by atoms with Gasteiger partial charge < -0.3 is 14.4 Å². The van der Waals surface area contributed by atoms with Gasteiger partial charge in [-0.2, -0.15) is 0 Å². The molecule has 0 heterocycles. The number of rotatable bonds is 4. The minimum absolute atomic E-state index is 0.622. The standard InChI is InChI=1S/C7H14O4S/c1-4-7(10)11-12(5(2)8)6(3)9/h4-6,8-9,12H,1H2,2-3H3. The number of carbonyl (C=O) groups excluding carboxylic acids is 1. The van der Waals surface area contributed by atoms with Crippen LogP contribution in [0.1, 0.15) is 13.8 Å². The molecule has 0 amide bonds. The molecule has 2 N–H and O–H groups in total. The Balaban J connectivity index is 4.13.